The van der Waals surface area contributed by atoms with Crippen LogP contribution in [0, 0.1) is 5.92 Å². The third kappa shape index (κ3) is 3.28. The largest absolute Gasteiger partial charge is 0.349 e. The highest BCUT2D eigenvalue weighted by Crippen LogP contribution is 2.19. The van der Waals surface area contributed by atoms with E-state index >= 15 is 0 Å². The number of amides is 1. The molecule has 2 fully saturated rings. The zero-order valence-electron chi connectivity index (χ0n) is 13.9. The minimum atomic E-state index is -0.0714. The standard InChI is InChI=1S/C19H24N4O/c24-19(18-8-15-4-1-2-5-16(15)11-21-18)22-12-17-6-3-7-23(17)13-14-9-20-10-14/h1-2,4-5,8,11,14,17,20H,3,6-7,9-10,12-13H2,(H,22,24)/t17-/m0/s1. The van der Waals surface area contributed by atoms with Gasteiger partial charge < -0.3 is 10.6 Å². The Morgan fingerprint density at radius 3 is 2.92 bits per heavy atom. The van der Waals surface area contributed by atoms with Crippen molar-refractivity contribution >= 4 is 16.7 Å². The summed E-state index contributed by atoms with van der Waals surface area (Å²) >= 11 is 0. The fourth-order valence-corrected chi connectivity index (χ4v) is 3.68. The summed E-state index contributed by atoms with van der Waals surface area (Å²) in [6, 6.07) is 10.3. The molecule has 0 aliphatic carbocycles. The first-order valence-corrected chi connectivity index (χ1v) is 8.87. The van der Waals surface area contributed by atoms with Crippen molar-refractivity contribution in [2.75, 3.05) is 32.7 Å². The third-order valence-electron chi connectivity index (χ3n) is 5.22. The smallest absolute Gasteiger partial charge is 0.269 e. The molecule has 2 aliphatic rings. The number of carbonyl (C=O) groups excluding carboxylic acids is 1. The minimum Gasteiger partial charge on any atom is -0.349 e. The maximum absolute atomic E-state index is 12.4. The summed E-state index contributed by atoms with van der Waals surface area (Å²) in [4.78, 5) is 19.3. The maximum Gasteiger partial charge on any atom is 0.269 e. The fourth-order valence-electron chi connectivity index (χ4n) is 3.68. The molecular weight excluding hydrogens is 300 g/mol. The number of pyridine rings is 1. The molecule has 5 heteroatoms. The molecule has 1 amide bonds. The number of nitrogens with one attached hydrogen (secondary N) is 2. The Bertz CT molecular complexity index is 728. The van der Waals surface area contributed by atoms with Crippen molar-refractivity contribution in [3.8, 4) is 0 Å². The molecule has 0 spiro atoms. The first-order chi connectivity index (χ1) is 11.8. The molecule has 24 heavy (non-hydrogen) atoms. The lowest BCUT2D eigenvalue weighted by atomic mass is 10.0. The third-order valence-corrected chi connectivity index (χ3v) is 5.22. The zero-order valence-corrected chi connectivity index (χ0v) is 13.9. The van der Waals surface area contributed by atoms with Crippen molar-refractivity contribution in [3.63, 3.8) is 0 Å². The number of aromatic nitrogens is 1. The van der Waals surface area contributed by atoms with Crippen LogP contribution in [0.1, 0.15) is 23.3 Å². The van der Waals surface area contributed by atoms with Crippen LogP contribution in [0.5, 0.6) is 0 Å². The molecule has 1 aromatic heterocycles. The van der Waals surface area contributed by atoms with Gasteiger partial charge in [-0.2, -0.15) is 0 Å². The van der Waals surface area contributed by atoms with Crippen molar-refractivity contribution < 1.29 is 4.79 Å². The van der Waals surface area contributed by atoms with Crippen LogP contribution in [0.2, 0.25) is 0 Å². The Labute approximate surface area is 142 Å². The summed E-state index contributed by atoms with van der Waals surface area (Å²) in [6.45, 7) is 5.30. The van der Waals surface area contributed by atoms with Gasteiger partial charge in [-0.05, 0) is 36.8 Å². The second-order valence-electron chi connectivity index (χ2n) is 6.94. The number of benzene rings is 1. The van der Waals surface area contributed by atoms with E-state index < -0.39 is 0 Å². The van der Waals surface area contributed by atoms with E-state index in [-0.39, 0.29) is 5.91 Å². The van der Waals surface area contributed by atoms with E-state index in [0.29, 0.717) is 18.3 Å². The Hall–Kier alpha value is -1.98. The van der Waals surface area contributed by atoms with E-state index in [9.17, 15) is 4.79 Å². The van der Waals surface area contributed by atoms with Gasteiger partial charge in [-0.25, -0.2) is 0 Å². The molecule has 0 unspecified atom stereocenters. The van der Waals surface area contributed by atoms with Crippen LogP contribution in [-0.2, 0) is 0 Å². The number of hydrogen-bond donors (Lipinski definition) is 2. The Morgan fingerprint density at radius 2 is 2.12 bits per heavy atom. The molecule has 2 aromatic rings. The number of rotatable bonds is 5. The predicted molar refractivity (Wildman–Crippen MR) is 95.0 cm³/mol. The van der Waals surface area contributed by atoms with Gasteiger partial charge in [-0.1, -0.05) is 24.3 Å². The van der Waals surface area contributed by atoms with Crippen molar-refractivity contribution in [2.45, 2.75) is 18.9 Å². The second-order valence-corrected chi connectivity index (χ2v) is 6.94. The Kier molecular flexibility index (Phi) is 4.45. The van der Waals surface area contributed by atoms with Crippen LogP contribution in [0.25, 0.3) is 10.8 Å². The normalized spacial score (nSPS) is 21.8. The summed E-state index contributed by atoms with van der Waals surface area (Å²) in [7, 11) is 0. The molecule has 2 N–H and O–H groups in total. The molecule has 2 saturated heterocycles. The van der Waals surface area contributed by atoms with Gasteiger partial charge in [0.05, 0.1) is 0 Å². The van der Waals surface area contributed by atoms with Crippen LogP contribution >= 0.6 is 0 Å². The molecule has 0 saturated carbocycles. The predicted octanol–water partition coefficient (Wildman–Crippen LogP) is 1.65. The van der Waals surface area contributed by atoms with Gasteiger partial charge in [0.2, 0.25) is 0 Å². The molecule has 5 nitrogen and oxygen atoms in total. The quantitative estimate of drug-likeness (QED) is 0.878. The SMILES string of the molecule is O=C(NC[C@@H]1CCCN1CC1CNC1)c1cc2ccccc2cn1. The first kappa shape index (κ1) is 15.5. The number of nitrogens with zero attached hydrogens (tertiary/aromatic N) is 2. The lowest BCUT2D eigenvalue weighted by Crippen LogP contribution is -2.50. The summed E-state index contributed by atoms with van der Waals surface area (Å²) < 4.78 is 0. The lowest BCUT2D eigenvalue weighted by molar-refractivity contribution is 0.0931. The summed E-state index contributed by atoms with van der Waals surface area (Å²) in [5.41, 5.74) is 0.501. The summed E-state index contributed by atoms with van der Waals surface area (Å²) in [5.74, 6) is 0.710. The molecule has 126 valence electrons. The van der Waals surface area contributed by atoms with Crippen LogP contribution in [0.4, 0.5) is 0 Å². The average molecular weight is 324 g/mol. The zero-order chi connectivity index (χ0) is 16.4. The highest BCUT2D eigenvalue weighted by atomic mass is 16.1. The maximum atomic E-state index is 12.4. The molecule has 2 aliphatic heterocycles. The van der Waals surface area contributed by atoms with Gasteiger partial charge in [0.15, 0.2) is 0 Å². The fraction of sp³-hybridized carbons (Fsp3) is 0.474. The molecule has 0 bridgehead atoms. The van der Waals surface area contributed by atoms with Crippen molar-refractivity contribution in [1.29, 1.82) is 0 Å². The van der Waals surface area contributed by atoms with Gasteiger partial charge in [-0.3, -0.25) is 14.7 Å². The van der Waals surface area contributed by atoms with Crippen LogP contribution in [0.3, 0.4) is 0 Å². The van der Waals surface area contributed by atoms with Gasteiger partial charge in [0, 0.05) is 43.8 Å². The van der Waals surface area contributed by atoms with Gasteiger partial charge in [0.1, 0.15) is 5.69 Å². The first-order valence-electron chi connectivity index (χ1n) is 8.87. The molecular formula is C19H24N4O. The number of hydrogen-bond acceptors (Lipinski definition) is 4. The van der Waals surface area contributed by atoms with E-state index in [2.05, 4.69) is 20.5 Å². The van der Waals surface area contributed by atoms with E-state index in [1.807, 2.05) is 30.3 Å². The Morgan fingerprint density at radius 1 is 1.29 bits per heavy atom. The van der Waals surface area contributed by atoms with Gasteiger partial charge in [0.25, 0.3) is 5.91 Å². The minimum absolute atomic E-state index is 0.0714. The van der Waals surface area contributed by atoms with Crippen molar-refractivity contribution in [2.24, 2.45) is 5.92 Å². The second kappa shape index (κ2) is 6.87. The Balaban J connectivity index is 1.36. The monoisotopic (exact) mass is 324 g/mol. The van der Waals surface area contributed by atoms with E-state index in [4.69, 9.17) is 0 Å². The molecule has 1 atom stereocenters. The van der Waals surface area contributed by atoms with Gasteiger partial charge in [-0.15, -0.1) is 0 Å². The molecule has 0 radical (unpaired) electrons. The topological polar surface area (TPSA) is 57.3 Å². The summed E-state index contributed by atoms with van der Waals surface area (Å²) in [6.07, 6.45) is 4.18. The summed E-state index contributed by atoms with van der Waals surface area (Å²) in [5, 5.41) is 8.53. The lowest BCUT2D eigenvalue weighted by Gasteiger charge is -2.34. The molecule has 1 aromatic carbocycles. The highest BCUT2D eigenvalue weighted by Gasteiger charge is 2.29. The van der Waals surface area contributed by atoms with Crippen LogP contribution < -0.4 is 10.6 Å². The van der Waals surface area contributed by atoms with Crippen LogP contribution in [0.15, 0.2) is 36.5 Å². The molecule has 4 rings (SSSR count). The average Bonchev–Trinajstić information content (AvgIpc) is 3.02. The van der Waals surface area contributed by atoms with E-state index in [1.165, 1.54) is 12.8 Å². The van der Waals surface area contributed by atoms with Gasteiger partial charge >= 0.3 is 0 Å². The number of carbonyl (C=O) groups is 1. The van der Waals surface area contributed by atoms with Crippen molar-refractivity contribution in [1.82, 2.24) is 20.5 Å². The van der Waals surface area contributed by atoms with E-state index in [1.54, 1.807) is 6.20 Å². The van der Waals surface area contributed by atoms with Crippen molar-refractivity contribution in [3.05, 3.63) is 42.2 Å². The van der Waals surface area contributed by atoms with Crippen LogP contribution in [-0.4, -0.2) is 54.6 Å². The highest BCUT2D eigenvalue weighted by molar-refractivity contribution is 5.96. The van der Waals surface area contributed by atoms with E-state index in [0.717, 1.165) is 42.9 Å². The number of likely N-dealkylation sites (tertiary alicyclic amines) is 1. The molecule has 3 heterocycles. The number of fused-ring (bicyclic) bond motifs is 1.